The molecule has 0 spiro atoms. The van der Waals surface area contributed by atoms with Crippen LogP contribution in [0.4, 0.5) is 17.2 Å². The molecule has 1 aromatic heterocycles. The number of carbonyl (C=O) groups is 2. The topological polar surface area (TPSA) is 65.5 Å². The number of rotatable bonds is 4. The maximum atomic E-state index is 13.0. The number of fused-ring (bicyclic) bond motifs is 1. The largest absolute Gasteiger partial charge is 0.348 e. The summed E-state index contributed by atoms with van der Waals surface area (Å²) >= 11 is 6.25. The van der Waals surface area contributed by atoms with Crippen molar-refractivity contribution >= 4 is 40.6 Å². The predicted octanol–water partition coefficient (Wildman–Crippen LogP) is 4.25. The van der Waals surface area contributed by atoms with Gasteiger partial charge in [-0.05, 0) is 41.5 Å². The normalized spacial score (nSPS) is 17.7. The molecule has 2 aliphatic rings. The van der Waals surface area contributed by atoms with E-state index in [-0.39, 0.29) is 18.2 Å². The first-order chi connectivity index (χ1) is 15.1. The lowest BCUT2D eigenvalue weighted by atomic mass is 10.1. The van der Waals surface area contributed by atoms with Crippen LogP contribution in [0.1, 0.15) is 17.5 Å². The number of halogens is 1. The molecule has 0 aliphatic carbocycles. The van der Waals surface area contributed by atoms with Crippen LogP contribution in [0.25, 0.3) is 0 Å². The molecule has 2 aliphatic heterocycles. The van der Waals surface area contributed by atoms with Gasteiger partial charge in [-0.3, -0.25) is 9.59 Å². The Morgan fingerprint density at radius 3 is 2.68 bits per heavy atom. The van der Waals surface area contributed by atoms with Crippen molar-refractivity contribution in [3.05, 3.63) is 83.0 Å². The Kier molecular flexibility index (Phi) is 5.08. The van der Waals surface area contributed by atoms with Crippen LogP contribution in [0.3, 0.4) is 0 Å². The van der Waals surface area contributed by atoms with Crippen molar-refractivity contribution in [1.29, 1.82) is 0 Å². The van der Waals surface area contributed by atoms with E-state index in [0.29, 0.717) is 23.8 Å². The number of anilines is 3. The molecule has 1 fully saturated rings. The number of benzene rings is 2. The lowest BCUT2D eigenvalue weighted by molar-refractivity contribution is -0.122. The number of hydrogen-bond acceptors (Lipinski definition) is 4. The second kappa shape index (κ2) is 8.04. The van der Waals surface area contributed by atoms with Crippen LogP contribution in [0.15, 0.2) is 66.9 Å². The highest BCUT2D eigenvalue weighted by molar-refractivity contribution is 6.33. The van der Waals surface area contributed by atoms with Gasteiger partial charge in [0.2, 0.25) is 11.8 Å². The average Bonchev–Trinajstić information content (AvgIpc) is 3.39. The number of pyridine rings is 1. The summed E-state index contributed by atoms with van der Waals surface area (Å²) in [5.74, 6) is 0.251. The number of para-hydroxylation sites is 1. The van der Waals surface area contributed by atoms with Crippen LogP contribution in [-0.2, 0) is 22.7 Å². The van der Waals surface area contributed by atoms with Gasteiger partial charge in [-0.25, -0.2) is 4.98 Å². The fourth-order valence-electron chi connectivity index (χ4n) is 4.26. The molecule has 3 aromatic rings. The molecule has 5 rings (SSSR count). The van der Waals surface area contributed by atoms with Gasteiger partial charge in [-0.1, -0.05) is 41.9 Å². The minimum absolute atomic E-state index is 0.0899. The Hall–Kier alpha value is -3.38. The van der Waals surface area contributed by atoms with Crippen molar-refractivity contribution in [1.82, 2.24) is 4.98 Å². The molecule has 0 bridgehead atoms. The zero-order valence-corrected chi connectivity index (χ0v) is 17.5. The molecular weight excluding hydrogens is 412 g/mol. The third-order valence-electron chi connectivity index (χ3n) is 5.85. The van der Waals surface area contributed by atoms with E-state index in [4.69, 9.17) is 11.6 Å². The van der Waals surface area contributed by atoms with Crippen LogP contribution in [-0.4, -0.2) is 23.3 Å². The summed E-state index contributed by atoms with van der Waals surface area (Å²) in [5, 5.41) is 3.57. The van der Waals surface area contributed by atoms with E-state index < -0.39 is 5.92 Å². The molecule has 3 heterocycles. The van der Waals surface area contributed by atoms with Gasteiger partial charge in [0.25, 0.3) is 0 Å². The summed E-state index contributed by atoms with van der Waals surface area (Å²) < 4.78 is 0. The Labute approximate surface area is 185 Å². The minimum atomic E-state index is -0.423. The zero-order valence-electron chi connectivity index (χ0n) is 16.8. The molecule has 0 unspecified atom stereocenters. The first-order valence-electron chi connectivity index (χ1n) is 10.2. The molecule has 156 valence electrons. The molecule has 1 saturated heterocycles. The van der Waals surface area contributed by atoms with Crippen molar-refractivity contribution < 1.29 is 9.59 Å². The molecular formula is C24H21ClN4O2. The SMILES string of the molecule is O=C(Nc1cccc2c1CN(c1ccccn1)C2)[C@@H]1CC(=O)N(c2ccccc2Cl)C1. The fraction of sp³-hybridized carbons (Fsp3) is 0.208. The second-order valence-electron chi connectivity index (χ2n) is 7.83. The standard InChI is InChI=1S/C24H21ClN4O2/c25-19-7-1-2-9-21(19)29-14-17(12-23(29)30)24(31)27-20-8-5-6-16-13-28(15-18(16)20)22-10-3-4-11-26-22/h1-11,17H,12-15H2,(H,27,31)/t17-/m1/s1. The van der Waals surface area contributed by atoms with Crippen molar-refractivity contribution in [2.24, 2.45) is 5.92 Å². The molecule has 0 radical (unpaired) electrons. The van der Waals surface area contributed by atoms with E-state index in [9.17, 15) is 9.59 Å². The Balaban J connectivity index is 1.31. The third kappa shape index (κ3) is 3.75. The summed E-state index contributed by atoms with van der Waals surface area (Å²) in [7, 11) is 0. The Morgan fingerprint density at radius 1 is 1.03 bits per heavy atom. The molecule has 0 saturated carbocycles. The predicted molar refractivity (Wildman–Crippen MR) is 121 cm³/mol. The summed E-state index contributed by atoms with van der Waals surface area (Å²) in [6.45, 7) is 1.75. The van der Waals surface area contributed by atoms with E-state index in [1.807, 2.05) is 42.5 Å². The summed E-state index contributed by atoms with van der Waals surface area (Å²) in [6, 6.07) is 19.0. The van der Waals surface area contributed by atoms with Crippen LogP contribution < -0.4 is 15.1 Å². The van der Waals surface area contributed by atoms with E-state index >= 15 is 0 Å². The van der Waals surface area contributed by atoms with Crippen molar-refractivity contribution in [3.8, 4) is 0 Å². The molecule has 6 nitrogen and oxygen atoms in total. The number of nitrogens with one attached hydrogen (secondary N) is 1. The van der Waals surface area contributed by atoms with Gasteiger partial charge < -0.3 is 15.1 Å². The number of nitrogens with zero attached hydrogens (tertiary/aromatic N) is 3. The van der Waals surface area contributed by atoms with Crippen LogP contribution in [0.5, 0.6) is 0 Å². The van der Waals surface area contributed by atoms with Crippen molar-refractivity contribution in [2.45, 2.75) is 19.5 Å². The maximum Gasteiger partial charge on any atom is 0.229 e. The number of aromatic nitrogens is 1. The second-order valence-corrected chi connectivity index (χ2v) is 8.24. The van der Waals surface area contributed by atoms with Gasteiger partial charge >= 0.3 is 0 Å². The monoisotopic (exact) mass is 432 g/mol. The molecule has 2 aromatic carbocycles. The van der Waals surface area contributed by atoms with Crippen LogP contribution in [0.2, 0.25) is 5.02 Å². The molecule has 1 atom stereocenters. The Morgan fingerprint density at radius 2 is 1.87 bits per heavy atom. The molecule has 2 amide bonds. The van der Waals surface area contributed by atoms with Gasteiger partial charge in [0, 0.05) is 37.9 Å². The summed E-state index contributed by atoms with van der Waals surface area (Å²) in [4.78, 5) is 33.8. The van der Waals surface area contributed by atoms with E-state index in [1.165, 1.54) is 5.56 Å². The first-order valence-corrected chi connectivity index (χ1v) is 10.6. The van der Waals surface area contributed by atoms with Gasteiger partial charge in [0.1, 0.15) is 5.82 Å². The smallest absolute Gasteiger partial charge is 0.229 e. The van der Waals surface area contributed by atoms with Crippen molar-refractivity contribution in [2.75, 3.05) is 21.7 Å². The molecule has 7 heteroatoms. The van der Waals surface area contributed by atoms with Gasteiger partial charge in [-0.15, -0.1) is 0 Å². The highest BCUT2D eigenvalue weighted by Gasteiger charge is 2.36. The lowest BCUT2D eigenvalue weighted by Crippen LogP contribution is -2.28. The highest BCUT2D eigenvalue weighted by Crippen LogP contribution is 2.34. The number of carbonyl (C=O) groups excluding carboxylic acids is 2. The zero-order chi connectivity index (χ0) is 21.4. The van der Waals surface area contributed by atoms with E-state index in [2.05, 4.69) is 21.3 Å². The van der Waals surface area contributed by atoms with Crippen molar-refractivity contribution in [3.63, 3.8) is 0 Å². The fourth-order valence-corrected chi connectivity index (χ4v) is 4.50. The van der Waals surface area contributed by atoms with Crippen LogP contribution >= 0.6 is 11.6 Å². The van der Waals surface area contributed by atoms with Gasteiger partial charge in [0.05, 0.1) is 16.6 Å². The Bertz CT molecular complexity index is 1150. The van der Waals surface area contributed by atoms with Gasteiger partial charge in [0.15, 0.2) is 0 Å². The number of hydrogen-bond donors (Lipinski definition) is 1. The maximum absolute atomic E-state index is 13.0. The quantitative estimate of drug-likeness (QED) is 0.669. The molecule has 1 N–H and O–H groups in total. The van der Waals surface area contributed by atoms with Gasteiger partial charge in [-0.2, -0.15) is 0 Å². The average molecular weight is 433 g/mol. The van der Waals surface area contributed by atoms with E-state index in [0.717, 1.165) is 23.6 Å². The highest BCUT2D eigenvalue weighted by atomic mass is 35.5. The minimum Gasteiger partial charge on any atom is -0.348 e. The lowest BCUT2D eigenvalue weighted by Gasteiger charge is -2.18. The summed E-state index contributed by atoms with van der Waals surface area (Å²) in [6.07, 6.45) is 1.95. The van der Waals surface area contributed by atoms with Crippen LogP contribution in [0, 0.1) is 5.92 Å². The number of amides is 2. The third-order valence-corrected chi connectivity index (χ3v) is 6.17. The summed E-state index contributed by atoms with van der Waals surface area (Å²) in [5.41, 5.74) is 3.71. The van der Waals surface area contributed by atoms with E-state index in [1.54, 1.807) is 23.2 Å². The molecule has 31 heavy (non-hydrogen) atoms. The first kappa shape index (κ1) is 19.6.